The third-order valence-corrected chi connectivity index (χ3v) is 4.68. The molecule has 106 valence electrons. The van der Waals surface area contributed by atoms with E-state index in [1.54, 1.807) is 0 Å². The number of nitrogens with one attached hydrogen (secondary N) is 1. The molecule has 19 heavy (non-hydrogen) atoms. The van der Waals surface area contributed by atoms with Crippen molar-refractivity contribution in [3.63, 3.8) is 0 Å². The average molecular weight is 347 g/mol. The van der Waals surface area contributed by atoms with Gasteiger partial charge in [-0.3, -0.25) is 0 Å². The van der Waals surface area contributed by atoms with Crippen molar-refractivity contribution < 1.29 is 4.74 Å². The van der Waals surface area contributed by atoms with Gasteiger partial charge in [0.1, 0.15) is 0 Å². The monoisotopic (exact) mass is 345 g/mol. The van der Waals surface area contributed by atoms with E-state index in [0.717, 1.165) is 28.9 Å². The van der Waals surface area contributed by atoms with Gasteiger partial charge in [-0.25, -0.2) is 0 Å². The van der Waals surface area contributed by atoms with E-state index in [1.165, 1.54) is 24.8 Å². The van der Waals surface area contributed by atoms with Gasteiger partial charge >= 0.3 is 0 Å². The molecule has 2 nitrogen and oxygen atoms in total. The molecule has 1 saturated heterocycles. The summed E-state index contributed by atoms with van der Waals surface area (Å²) < 4.78 is 6.79. The van der Waals surface area contributed by atoms with E-state index in [0.29, 0.717) is 12.1 Å². The first-order chi connectivity index (χ1) is 9.20. The molecule has 0 amide bonds. The third kappa shape index (κ3) is 4.45. The Morgan fingerprint density at radius 2 is 2.37 bits per heavy atom. The van der Waals surface area contributed by atoms with E-state index in [9.17, 15) is 0 Å². The minimum absolute atomic E-state index is 0.342. The van der Waals surface area contributed by atoms with E-state index in [2.05, 4.69) is 21.2 Å². The smallest absolute Gasteiger partial charge is 0.0576 e. The summed E-state index contributed by atoms with van der Waals surface area (Å²) in [5.41, 5.74) is 1.24. The predicted octanol–water partition coefficient (Wildman–Crippen LogP) is 4.71. The van der Waals surface area contributed by atoms with Gasteiger partial charge in [-0.15, -0.1) is 0 Å². The molecule has 0 radical (unpaired) electrons. The maximum absolute atomic E-state index is 6.09. The largest absolute Gasteiger partial charge is 0.378 e. The summed E-state index contributed by atoms with van der Waals surface area (Å²) in [5.74, 6) is 0. The molecule has 1 aliphatic rings. The molecule has 0 aliphatic carbocycles. The summed E-state index contributed by atoms with van der Waals surface area (Å²) in [6, 6.07) is 6.31. The zero-order chi connectivity index (χ0) is 13.7. The summed E-state index contributed by atoms with van der Waals surface area (Å²) in [7, 11) is 2.00. The molecule has 2 atom stereocenters. The van der Waals surface area contributed by atoms with Crippen LogP contribution in [0.15, 0.2) is 22.7 Å². The fourth-order valence-corrected chi connectivity index (χ4v) is 3.36. The maximum atomic E-state index is 6.09. The van der Waals surface area contributed by atoms with Gasteiger partial charge in [0.05, 0.1) is 6.10 Å². The number of rotatable bonds is 6. The molecule has 1 aliphatic heterocycles. The molecular weight excluding hydrogens is 326 g/mol. The third-order valence-electron chi connectivity index (χ3n) is 3.72. The topological polar surface area (TPSA) is 21.3 Å². The minimum Gasteiger partial charge on any atom is -0.378 e. The van der Waals surface area contributed by atoms with Gasteiger partial charge in [0.15, 0.2) is 0 Å². The van der Waals surface area contributed by atoms with Crippen LogP contribution in [0.3, 0.4) is 0 Å². The number of ether oxygens (including phenoxy) is 1. The van der Waals surface area contributed by atoms with Crippen molar-refractivity contribution in [2.24, 2.45) is 0 Å². The quantitative estimate of drug-likeness (QED) is 0.805. The zero-order valence-corrected chi connectivity index (χ0v) is 13.6. The van der Waals surface area contributed by atoms with Crippen LogP contribution in [0, 0.1) is 0 Å². The van der Waals surface area contributed by atoms with Crippen molar-refractivity contribution in [3.8, 4) is 0 Å². The Bertz CT molecular complexity index is 407. The summed E-state index contributed by atoms with van der Waals surface area (Å²) in [6.45, 7) is 0.944. The summed E-state index contributed by atoms with van der Waals surface area (Å²) >= 11 is 9.69. The van der Waals surface area contributed by atoms with Crippen LogP contribution in [0.5, 0.6) is 0 Å². The van der Waals surface area contributed by atoms with Crippen LogP contribution >= 0.6 is 27.5 Å². The van der Waals surface area contributed by atoms with E-state index >= 15 is 0 Å². The standard InChI is InChI=1S/C15H21BrClNO/c1-18-15(6-2-4-12-5-3-9-19-12)13-10-11(17)7-8-14(13)16/h7-8,10,12,15,18H,2-6,9H2,1H3. The van der Waals surface area contributed by atoms with Crippen LogP contribution < -0.4 is 5.32 Å². The van der Waals surface area contributed by atoms with Gasteiger partial charge in [0, 0.05) is 22.1 Å². The normalized spacial score (nSPS) is 20.7. The molecule has 0 aromatic heterocycles. The lowest BCUT2D eigenvalue weighted by molar-refractivity contribution is 0.101. The van der Waals surface area contributed by atoms with Crippen molar-refractivity contribution in [2.45, 2.75) is 44.2 Å². The molecule has 2 unspecified atom stereocenters. The lowest BCUT2D eigenvalue weighted by Gasteiger charge is -2.19. The highest BCUT2D eigenvalue weighted by Crippen LogP contribution is 2.30. The Morgan fingerprint density at radius 3 is 3.05 bits per heavy atom. The van der Waals surface area contributed by atoms with Gasteiger partial charge in [-0.05, 0) is 62.9 Å². The second kappa shape index (κ2) is 7.63. The molecule has 0 saturated carbocycles. The van der Waals surface area contributed by atoms with Crippen molar-refractivity contribution in [1.82, 2.24) is 5.32 Å². The molecule has 0 bridgehead atoms. The summed E-state index contributed by atoms with van der Waals surface area (Å²) in [4.78, 5) is 0. The first kappa shape index (κ1) is 15.3. The summed E-state index contributed by atoms with van der Waals surface area (Å²) in [6.07, 6.45) is 6.38. The lowest BCUT2D eigenvalue weighted by atomic mass is 9.99. The van der Waals surface area contributed by atoms with E-state index in [-0.39, 0.29) is 0 Å². The molecular formula is C15H21BrClNO. The second-order valence-electron chi connectivity index (χ2n) is 5.07. The Labute approximate surface area is 129 Å². The van der Waals surface area contributed by atoms with Crippen LogP contribution in [-0.4, -0.2) is 19.8 Å². The molecule has 1 heterocycles. The van der Waals surface area contributed by atoms with Crippen LogP contribution in [0.1, 0.15) is 43.7 Å². The van der Waals surface area contributed by atoms with Crippen LogP contribution in [-0.2, 0) is 4.74 Å². The summed E-state index contributed by atoms with van der Waals surface area (Å²) in [5, 5.41) is 4.17. The lowest BCUT2D eigenvalue weighted by Crippen LogP contribution is -2.17. The number of hydrogen-bond donors (Lipinski definition) is 1. The molecule has 1 fully saturated rings. The number of halogens is 2. The molecule has 1 aromatic carbocycles. The number of benzene rings is 1. The first-order valence-electron chi connectivity index (χ1n) is 6.94. The van der Waals surface area contributed by atoms with Crippen LogP contribution in [0.4, 0.5) is 0 Å². The van der Waals surface area contributed by atoms with Gasteiger partial charge in [0.2, 0.25) is 0 Å². The first-order valence-corrected chi connectivity index (χ1v) is 8.11. The Balaban J connectivity index is 1.89. The van der Waals surface area contributed by atoms with Gasteiger partial charge < -0.3 is 10.1 Å². The molecule has 1 N–H and O–H groups in total. The molecule has 4 heteroatoms. The van der Waals surface area contributed by atoms with Crippen molar-refractivity contribution in [3.05, 3.63) is 33.3 Å². The van der Waals surface area contributed by atoms with Crippen LogP contribution in [0.25, 0.3) is 0 Å². The highest BCUT2D eigenvalue weighted by Gasteiger charge is 2.17. The van der Waals surface area contributed by atoms with Gasteiger partial charge in [0.25, 0.3) is 0 Å². The highest BCUT2D eigenvalue weighted by molar-refractivity contribution is 9.10. The Hall–Kier alpha value is -0.0900. The highest BCUT2D eigenvalue weighted by atomic mass is 79.9. The molecule has 1 aromatic rings. The van der Waals surface area contributed by atoms with Crippen molar-refractivity contribution >= 4 is 27.5 Å². The number of hydrogen-bond acceptors (Lipinski definition) is 2. The van der Waals surface area contributed by atoms with Gasteiger partial charge in [-0.2, -0.15) is 0 Å². The zero-order valence-electron chi connectivity index (χ0n) is 11.3. The minimum atomic E-state index is 0.342. The van der Waals surface area contributed by atoms with E-state index < -0.39 is 0 Å². The second-order valence-corrected chi connectivity index (χ2v) is 6.36. The van der Waals surface area contributed by atoms with Crippen LogP contribution in [0.2, 0.25) is 5.02 Å². The van der Waals surface area contributed by atoms with Crippen molar-refractivity contribution in [1.29, 1.82) is 0 Å². The fraction of sp³-hybridized carbons (Fsp3) is 0.600. The predicted molar refractivity (Wildman–Crippen MR) is 83.8 cm³/mol. The van der Waals surface area contributed by atoms with Gasteiger partial charge in [-0.1, -0.05) is 27.5 Å². The van der Waals surface area contributed by atoms with E-state index in [1.807, 2.05) is 25.2 Å². The maximum Gasteiger partial charge on any atom is 0.0576 e. The average Bonchev–Trinajstić information content (AvgIpc) is 2.91. The molecule has 2 rings (SSSR count). The van der Waals surface area contributed by atoms with E-state index in [4.69, 9.17) is 16.3 Å². The Kier molecular flexibility index (Phi) is 6.14. The Morgan fingerprint density at radius 1 is 1.53 bits per heavy atom. The van der Waals surface area contributed by atoms with Crippen molar-refractivity contribution in [2.75, 3.05) is 13.7 Å². The SMILES string of the molecule is CNC(CCCC1CCCO1)c1cc(Cl)ccc1Br. The fourth-order valence-electron chi connectivity index (χ4n) is 2.66. The molecule has 0 spiro atoms.